The van der Waals surface area contributed by atoms with Crippen molar-refractivity contribution in [2.24, 2.45) is 0 Å². The van der Waals surface area contributed by atoms with Crippen molar-refractivity contribution in [3.05, 3.63) is 72.4 Å². The number of rotatable bonds is 3. The Balaban J connectivity index is 1.56. The minimum absolute atomic E-state index is 0.216. The standard InChI is InChI=1S/C18H13N5O/c24-17(15-11-10-12-6-4-5-9-14(12)19-15)21-18-20-16(22-23-18)13-7-2-1-3-8-13/h1-11H,(H2,20,21,22,23,24). The van der Waals surface area contributed by atoms with Crippen LogP contribution in [0.3, 0.4) is 0 Å². The van der Waals surface area contributed by atoms with Crippen molar-refractivity contribution in [2.75, 3.05) is 5.32 Å². The third-order valence-corrected chi connectivity index (χ3v) is 3.59. The van der Waals surface area contributed by atoms with Crippen molar-refractivity contribution < 1.29 is 4.79 Å². The Morgan fingerprint density at radius 2 is 1.67 bits per heavy atom. The fraction of sp³-hybridized carbons (Fsp3) is 0. The van der Waals surface area contributed by atoms with Crippen LogP contribution in [0.15, 0.2) is 66.7 Å². The second-order valence-electron chi connectivity index (χ2n) is 5.22. The third-order valence-electron chi connectivity index (χ3n) is 3.59. The van der Waals surface area contributed by atoms with E-state index >= 15 is 0 Å². The van der Waals surface area contributed by atoms with E-state index in [2.05, 4.69) is 25.5 Å². The van der Waals surface area contributed by atoms with Gasteiger partial charge >= 0.3 is 0 Å². The lowest BCUT2D eigenvalue weighted by Crippen LogP contribution is -2.14. The average molecular weight is 315 g/mol. The van der Waals surface area contributed by atoms with Gasteiger partial charge in [-0.2, -0.15) is 4.98 Å². The van der Waals surface area contributed by atoms with E-state index in [9.17, 15) is 4.79 Å². The summed E-state index contributed by atoms with van der Waals surface area (Å²) in [5.74, 6) is 0.463. The minimum Gasteiger partial charge on any atom is -0.288 e. The Morgan fingerprint density at radius 3 is 2.54 bits per heavy atom. The molecule has 1 amide bonds. The molecule has 116 valence electrons. The van der Waals surface area contributed by atoms with Crippen molar-refractivity contribution in [2.45, 2.75) is 0 Å². The van der Waals surface area contributed by atoms with E-state index in [1.54, 1.807) is 6.07 Å². The number of hydrogen-bond donors (Lipinski definition) is 2. The number of carbonyl (C=O) groups is 1. The highest BCUT2D eigenvalue weighted by atomic mass is 16.2. The zero-order chi connectivity index (χ0) is 16.4. The fourth-order valence-corrected chi connectivity index (χ4v) is 2.40. The Morgan fingerprint density at radius 1 is 0.875 bits per heavy atom. The summed E-state index contributed by atoms with van der Waals surface area (Å²) < 4.78 is 0. The summed E-state index contributed by atoms with van der Waals surface area (Å²) in [6.07, 6.45) is 0. The lowest BCUT2D eigenvalue weighted by Gasteiger charge is -2.02. The van der Waals surface area contributed by atoms with E-state index in [4.69, 9.17) is 0 Å². The number of amides is 1. The predicted octanol–water partition coefficient (Wildman–Crippen LogP) is 3.27. The SMILES string of the molecule is O=C(Nc1n[nH]c(-c2ccccc2)n1)c1ccc2ccccc2n1. The van der Waals surface area contributed by atoms with Gasteiger partial charge in [0.1, 0.15) is 5.69 Å². The molecule has 6 nitrogen and oxygen atoms in total. The molecule has 0 spiro atoms. The number of hydrogen-bond acceptors (Lipinski definition) is 4. The highest BCUT2D eigenvalue weighted by Crippen LogP contribution is 2.16. The molecule has 0 unspecified atom stereocenters. The summed E-state index contributed by atoms with van der Waals surface area (Å²) in [4.78, 5) is 21.0. The normalized spacial score (nSPS) is 10.7. The second kappa shape index (κ2) is 5.92. The van der Waals surface area contributed by atoms with Crippen LogP contribution in [0.25, 0.3) is 22.3 Å². The zero-order valence-corrected chi connectivity index (χ0v) is 12.6. The highest BCUT2D eigenvalue weighted by molar-refractivity contribution is 6.03. The number of para-hydroxylation sites is 1. The van der Waals surface area contributed by atoms with Gasteiger partial charge in [-0.05, 0) is 12.1 Å². The number of nitrogens with zero attached hydrogens (tertiary/aromatic N) is 3. The molecule has 0 atom stereocenters. The van der Waals surface area contributed by atoms with Gasteiger partial charge < -0.3 is 0 Å². The molecule has 2 aromatic heterocycles. The largest absolute Gasteiger partial charge is 0.288 e. The molecule has 2 heterocycles. The Labute approximate surface area is 137 Å². The Hall–Kier alpha value is -3.54. The molecule has 0 saturated heterocycles. The van der Waals surface area contributed by atoms with Crippen molar-refractivity contribution in [3.63, 3.8) is 0 Å². The van der Waals surface area contributed by atoms with Gasteiger partial charge in [-0.15, -0.1) is 5.10 Å². The molecule has 2 aromatic carbocycles. The van der Waals surface area contributed by atoms with Gasteiger partial charge in [-0.1, -0.05) is 54.6 Å². The van der Waals surface area contributed by atoms with Crippen LogP contribution in [0, 0.1) is 0 Å². The molecular formula is C18H13N5O. The molecule has 2 N–H and O–H groups in total. The molecule has 4 rings (SSSR count). The van der Waals surface area contributed by atoms with Crippen LogP contribution in [-0.4, -0.2) is 26.1 Å². The second-order valence-corrected chi connectivity index (χ2v) is 5.22. The summed E-state index contributed by atoms with van der Waals surface area (Å²) >= 11 is 0. The van der Waals surface area contributed by atoms with Crippen LogP contribution in [0.1, 0.15) is 10.5 Å². The minimum atomic E-state index is -0.348. The van der Waals surface area contributed by atoms with Crippen LogP contribution < -0.4 is 5.32 Å². The van der Waals surface area contributed by atoms with Gasteiger partial charge in [0.2, 0.25) is 5.95 Å². The molecule has 0 aliphatic heterocycles. The first-order valence-corrected chi connectivity index (χ1v) is 7.44. The topological polar surface area (TPSA) is 83.6 Å². The number of pyridine rings is 1. The summed E-state index contributed by atoms with van der Waals surface area (Å²) in [5.41, 5.74) is 1.99. The van der Waals surface area contributed by atoms with Crippen molar-refractivity contribution >= 4 is 22.8 Å². The molecule has 0 aliphatic carbocycles. The first-order chi connectivity index (χ1) is 11.8. The molecule has 4 aromatic rings. The molecule has 0 fully saturated rings. The van der Waals surface area contributed by atoms with Crippen LogP contribution in [0.5, 0.6) is 0 Å². The number of fused-ring (bicyclic) bond motifs is 1. The molecule has 6 heteroatoms. The van der Waals surface area contributed by atoms with Gasteiger partial charge in [-0.3, -0.25) is 15.2 Å². The lowest BCUT2D eigenvalue weighted by molar-refractivity contribution is 0.102. The number of anilines is 1. The summed E-state index contributed by atoms with van der Waals surface area (Å²) in [5, 5.41) is 10.5. The lowest BCUT2D eigenvalue weighted by atomic mass is 10.2. The Bertz CT molecular complexity index is 1010. The Kier molecular flexibility index (Phi) is 3.47. The zero-order valence-electron chi connectivity index (χ0n) is 12.6. The fourth-order valence-electron chi connectivity index (χ4n) is 2.40. The molecule has 0 radical (unpaired) electrons. The van der Waals surface area contributed by atoms with Crippen LogP contribution >= 0.6 is 0 Å². The number of carbonyl (C=O) groups excluding carboxylic acids is 1. The van der Waals surface area contributed by atoms with Crippen molar-refractivity contribution in [1.29, 1.82) is 0 Å². The predicted molar refractivity (Wildman–Crippen MR) is 91.5 cm³/mol. The van der Waals surface area contributed by atoms with E-state index in [1.165, 1.54) is 0 Å². The quantitative estimate of drug-likeness (QED) is 0.608. The van der Waals surface area contributed by atoms with Gasteiger partial charge in [-0.25, -0.2) is 4.98 Å². The van der Waals surface area contributed by atoms with Crippen LogP contribution in [0.2, 0.25) is 0 Å². The average Bonchev–Trinajstić information content (AvgIpc) is 3.10. The van der Waals surface area contributed by atoms with Crippen LogP contribution in [-0.2, 0) is 0 Å². The molecule has 0 saturated carbocycles. The number of H-pyrrole nitrogens is 1. The van der Waals surface area contributed by atoms with E-state index in [0.29, 0.717) is 11.5 Å². The molecule has 24 heavy (non-hydrogen) atoms. The number of aromatic amines is 1. The first-order valence-electron chi connectivity index (χ1n) is 7.44. The third kappa shape index (κ3) is 2.72. The molecular weight excluding hydrogens is 302 g/mol. The van der Waals surface area contributed by atoms with Gasteiger partial charge in [0, 0.05) is 10.9 Å². The number of benzene rings is 2. The summed E-state index contributed by atoms with van der Waals surface area (Å²) in [7, 11) is 0. The first kappa shape index (κ1) is 14.1. The van der Waals surface area contributed by atoms with Gasteiger partial charge in [0.05, 0.1) is 5.52 Å². The maximum atomic E-state index is 12.3. The van der Waals surface area contributed by atoms with Gasteiger partial charge in [0.25, 0.3) is 5.91 Å². The van der Waals surface area contributed by atoms with Crippen molar-refractivity contribution in [1.82, 2.24) is 20.2 Å². The maximum Gasteiger partial charge on any atom is 0.276 e. The van der Waals surface area contributed by atoms with Gasteiger partial charge in [0.15, 0.2) is 5.82 Å². The number of nitrogens with one attached hydrogen (secondary N) is 2. The monoisotopic (exact) mass is 315 g/mol. The molecule has 0 bridgehead atoms. The van der Waals surface area contributed by atoms with Crippen molar-refractivity contribution in [3.8, 4) is 11.4 Å². The number of aromatic nitrogens is 4. The smallest absolute Gasteiger partial charge is 0.276 e. The van der Waals surface area contributed by atoms with E-state index in [0.717, 1.165) is 16.5 Å². The maximum absolute atomic E-state index is 12.3. The van der Waals surface area contributed by atoms with E-state index < -0.39 is 0 Å². The summed E-state index contributed by atoms with van der Waals surface area (Å²) in [6, 6.07) is 20.8. The van der Waals surface area contributed by atoms with E-state index in [-0.39, 0.29) is 11.9 Å². The van der Waals surface area contributed by atoms with Crippen LogP contribution in [0.4, 0.5) is 5.95 Å². The molecule has 0 aliphatic rings. The highest BCUT2D eigenvalue weighted by Gasteiger charge is 2.12. The summed E-state index contributed by atoms with van der Waals surface area (Å²) in [6.45, 7) is 0. The van der Waals surface area contributed by atoms with E-state index in [1.807, 2.05) is 60.7 Å².